The highest BCUT2D eigenvalue weighted by atomic mass is 79.9. The van der Waals surface area contributed by atoms with E-state index in [0.717, 1.165) is 6.54 Å². The minimum Gasteiger partial charge on any atom is -0.310 e. The number of rotatable bonds is 5. The highest BCUT2D eigenvalue weighted by Gasteiger charge is 2.17. The van der Waals surface area contributed by atoms with Crippen molar-refractivity contribution in [2.75, 3.05) is 6.54 Å². The lowest BCUT2D eigenvalue weighted by Crippen LogP contribution is -2.26. The molecular weight excluding hydrogens is 262 g/mol. The average molecular weight is 284 g/mol. The Kier molecular flexibility index (Phi) is 5.50. The summed E-state index contributed by atoms with van der Waals surface area (Å²) in [7, 11) is 0. The zero-order valence-electron chi connectivity index (χ0n) is 10.7. The van der Waals surface area contributed by atoms with Gasteiger partial charge in [0.25, 0.3) is 0 Å². The molecule has 1 nitrogen and oxygen atoms in total. The van der Waals surface area contributed by atoms with Gasteiger partial charge in [0.2, 0.25) is 0 Å². The van der Waals surface area contributed by atoms with E-state index in [0.29, 0.717) is 12.0 Å². The smallest absolute Gasteiger partial charge is 0.0346 e. The minimum atomic E-state index is 0.464. The van der Waals surface area contributed by atoms with Gasteiger partial charge in [0, 0.05) is 10.5 Å². The van der Waals surface area contributed by atoms with Gasteiger partial charge >= 0.3 is 0 Å². The largest absolute Gasteiger partial charge is 0.310 e. The lowest BCUT2D eigenvalue weighted by molar-refractivity contribution is 0.383. The van der Waals surface area contributed by atoms with Crippen molar-refractivity contribution in [3.05, 3.63) is 33.8 Å². The lowest BCUT2D eigenvalue weighted by atomic mass is 9.91. The van der Waals surface area contributed by atoms with Gasteiger partial charge in [0.15, 0.2) is 0 Å². The third-order valence-electron chi connectivity index (χ3n) is 3.06. The third kappa shape index (κ3) is 3.60. The van der Waals surface area contributed by atoms with Crippen LogP contribution in [0.4, 0.5) is 0 Å². The van der Waals surface area contributed by atoms with E-state index in [9.17, 15) is 0 Å². The molecule has 0 aliphatic rings. The van der Waals surface area contributed by atoms with Crippen LogP contribution in [0.2, 0.25) is 0 Å². The summed E-state index contributed by atoms with van der Waals surface area (Å²) in [5.74, 6) is 0.661. The second-order valence-electron chi connectivity index (χ2n) is 4.48. The van der Waals surface area contributed by atoms with Crippen LogP contribution in [0.1, 0.15) is 44.4 Å². The Bertz CT molecular complexity index is 315. The highest BCUT2D eigenvalue weighted by Crippen LogP contribution is 2.27. The van der Waals surface area contributed by atoms with Crippen LogP contribution >= 0.6 is 15.9 Å². The number of hydrogen-bond acceptors (Lipinski definition) is 1. The number of nitrogens with one attached hydrogen (secondary N) is 1. The SMILES string of the molecule is CCNC(c1cc(C)cc(Br)c1)C(C)CC. The summed E-state index contributed by atoms with van der Waals surface area (Å²) in [6.07, 6.45) is 1.20. The van der Waals surface area contributed by atoms with Crippen molar-refractivity contribution >= 4 is 15.9 Å². The number of halogens is 1. The van der Waals surface area contributed by atoms with E-state index in [1.54, 1.807) is 0 Å². The lowest BCUT2D eigenvalue weighted by Gasteiger charge is -2.25. The molecule has 1 aromatic carbocycles. The van der Waals surface area contributed by atoms with Crippen LogP contribution < -0.4 is 5.32 Å². The molecule has 0 amide bonds. The normalized spacial score (nSPS) is 14.8. The Balaban J connectivity index is 3.00. The highest BCUT2D eigenvalue weighted by molar-refractivity contribution is 9.10. The van der Waals surface area contributed by atoms with Crippen LogP contribution in [-0.4, -0.2) is 6.54 Å². The van der Waals surface area contributed by atoms with Crippen LogP contribution in [0, 0.1) is 12.8 Å². The van der Waals surface area contributed by atoms with Gasteiger partial charge in [0.1, 0.15) is 0 Å². The van der Waals surface area contributed by atoms with Gasteiger partial charge in [-0.15, -0.1) is 0 Å². The van der Waals surface area contributed by atoms with Gasteiger partial charge in [-0.3, -0.25) is 0 Å². The van der Waals surface area contributed by atoms with Crippen molar-refractivity contribution in [3.63, 3.8) is 0 Å². The molecule has 2 heteroatoms. The molecule has 1 aromatic rings. The van der Waals surface area contributed by atoms with Crippen LogP contribution in [0.3, 0.4) is 0 Å². The van der Waals surface area contributed by atoms with Crippen LogP contribution in [0.15, 0.2) is 22.7 Å². The van der Waals surface area contributed by atoms with Crippen molar-refractivity contribution in [1.82, 2.24) is 5.32 Å². The predicted octanol–water partition coefficient (Wildman–Crippen LogP) is 4.45. The molecule has 0 aromatic heterocycles. The first-order valence-corrected chi connectivity index (χ1v) is 6.88. The first-order valence-electron chi connectivity index (χ1n) is 6.09. The number of aryl methyl sites for hydroxylation is 1. The molecule has 0 radical (unpaired) electrons. The quantitative estimate of drug-likeness (QED) is 0.842. The standard InChI is InChI=1S/C14H22BrN/c1-5-11(4)14(16-6-2)12-7-10(3)8-13(15)9-12/h7-9,11,14,16H,5-6H2,1-4H3. The predicted molar refractivity (Wildman–Crippen MR) is 74.8 cm³/mol. The van der Waals surface area contributed by atoms with E-state index in [1.165, 1.54) is 22.0 Å². The van der Waals surface area contributed by atoms with E-state index in [1.807, 2.05) is 0 Å². The summed E-state index contributed by atoms with van der Waals surface area (Å²) in [6, 6.07) is 7.13. The molecule has 1 N–H and O–H groups in total. The van der Waals surface area contributed by atoms with Crippen LogP contribution in [0.25, 0.3) is 0 Å². The summed E-state index contributed by atoms with van der Waals surface area (Å²) in [6.45, 7) is 9.89. The minimum absolute atomic E-state index is 0.464. The molecule has 2 atom stereocenters. The Morgan fingerprint density at radius 3 is 2.44 bits per heavy atom. The van der Waals surface area contributed by atoms with Crippen molar-refractivity contribution in [2.24, 2.45) is 5.92 Å². The molecule has 0 saturated heterocycles. The molecule has 0 heterocycles. The maximum Gasteiger partial charge on any atom is 0.0346 e. The molecule has 1 rings (SSSR count). The zero-order valence-corrected chi connectivity index (χ0v) is 12.3. The first kappa shape index (κ1) is 13.7. The van der Waals surface area contributed by atoms with E-state index in [4.69, 9.17) is 0 Å². The number of hydrogen-bond donors (Lipinski definition) is 1. The van der Waals surface area contributed by atoms with Crippen molar-refractivity contribution in [1.29, 1.82) is 0 Å². The fourth-order valence-electron chi connectivity index (χ4n) is 2.05. The first-order chi connectivity index (χ1) is 7.58. The average Bonchev–Trinajstić information content (AvgIpc) is 2.23. The summed E-state index contributed by atoms with van der Waals surface area (Å²) >= 11 is 3.58. The van der Waals surface area contributed by atoms with Gasteiger partial charge in [-0.05, 0) is 42.6 Å². The Hall–Kier alpha value is -0.340. The van der Waals surface area contributed by atoms with Crippen LogP contribution in [0.5, 0.6) is 0 Å². The van der Waals surface area contributed by atoms with Crippen molar-refractivity contribution in [2.45, 2.75) is 40.2 Å². The summed E-state index contributed by atoms with van der Waals surface area (Å²) in [4.78, 5) is 0. The molecule has 0 bridgehead atoms. The molecule has 2 unspecified atom stereocenters. The monoisotopic (exact) mass is 283 g/mol. The fourth-order valence-corrected chi connectivity index (χ4v) is 2.67. The fraction of sp³-hybridized carbons (Fsp3) is 0.571. The molecule has 0 saturated carbocycles. The maximum absolute atomic E-state index is 3.58. The van der Waals surface area contributed by atoms with Gasteiger partial charge in [-0.2, -0.15) is 0 Å². The van der Waals surface area contributed by atoms with Gasteiger partial charge in [-0.25, -0.2) is 0 Å². The van der Waals surface area contributed by atoms with E-state index in [2.05, 4.69) is 67.1 Å². The van der Waals surface area contributed by atoms with Gasteiger partial charge in [-0.1, -0.05) is 49.2 Å². The Morgan fingerprint density at radius 2 is 1.94 bits per heavy atom. The van der Waals surface area contributed by atoms with Crippen molar-refractivity contribution < 1.29 is 0 Å². The second kappa shape index (κ2) is 6.41. The molecule has 0 spiro atoms. The summed E-state index contributed by atoms with van der Waals surface area (Å²) in [5.41, 5.74) is 2.71. The van der Waals surface area contributed by atoms with Crippen LogP contribution in [-0.2, 0) is 0 Å². The maximum atomic E-state index is 3.58. The molecule has 90 valence electrons. The Labute approximate surface area is 108 Å². The number of benzene rings is 1. The Morgan fingerprint density at radius 1 is 1.25 bits per heavy atom. The molecule has 16 heavy (non-hydrogen) atoms. The van der Waals surface area contributed by atoms with E-state index in [-0.39, 0.29) is 0 Å². The topological polar surface area (TPSA) is 12.0 Å². The van der Waals surface area contributed by atoms with Crippen molar-refractivity contribution in [3.8, 4) is 0 Å². The van der Waals surface area contributed by atoms with E-state index >= 15 is 0 Å². The second-order valence-corrected chi connectivity index (χ2v) is 5.40. The summed E-state index contributed by atoms with van der Waals surface area (Å²) in [5, 5.41) is 3.58. The van der Waals surface area contributed by atoms with Gasteiger partial charge in [0.05, 0.1) is 0 Å². The molecular formula is C14H22BrN. The third-order valence-corrected chi connectivity index (χ3v) is 3.52. The summed E-state index contributed by atoms with van der Waals surface area (Å²) < 4.78 is 1.17. The van der Waals surface area contributed by atoms with E-state index < -0.39 is 0 Å². The molecule has 0 aliphatic heterocycles. The van der Waals surface area contributed by atoms with Gasteiger partial charge < -0.3 is 5.32 Å². The molecule has 0 aliphatic carbocycles. The molecule has 0 fully saturated rings. The zero-order chi connectivity index (χ0) is 12.1.